The largest absolute Gasteiger partial charge is 0.310 e. The summed E-state index contributed by atoms with van der Waals surface area (Å²) in [6.07, 6.45) is 4.39. The first-order valence-corrected chi connectivity index (χ1v) is 17.8. The van der Waals surface area contributed by atoms with Crippen LogP contribution in [0.4, 0.5) is 34.1 Å². The van der Waals surface area contributed by atoms with Gasteiger partial charge in [0.05, 0.1) is 0 Å². The molecule has 0 radical (unpaired) electrons. The third kappa shape index (κ3) is 6.26. The molecule has 248 valence electrons. The highest BCUT2D eigenvalue weighted by Gasteiger charge is 2.35. The van der Waals surface area contributed by atoms with Gasteiger partial charge in [-0.3, -0.25) is 0 Å². The number of rotatable bonds is 8. The topological polar surface area (TPSA) is 6.48 Å². The van der Waals surface area contributed by atoms with Crippen LogP contribution in [0, 0.1) is 13.8 Å². The molecule has 0 amide bonds. The van der Waals surface area contributed by atoms with Crippen LogP contribution < -0.4 is 9.80 Å². The van der Waals surface area contributed by atoms with Crippen molar-refractivity contribution in [1.29, 1.82) is 0 Å². The van der Waals surface area contributed by atoms with Crippen LogP contribution in [0.1, 0.15) is 47.2 Å². The third-order valence-electron chi connectivity index (χ3n) is 10.1. The Kier molecular flexibility index (Phi) is 8.37. The molecule has 0 aliphatic heterocycles. The number of para-hydroxylation sites is 1. The molecule has 0 N–H and O–H groups in total. The highest BCUT2D eigenvalue weighted by Crippen LogP contribution is 2.50. The van der Waals surface area contributed by atoms with Gasteiger partial charge in [0.1, 0.15) is 0 Å². The third-order valence-corrected chi connectivity index (χ3v) is 10.1. The lowest BCUT2D eigenvalue weighted by atomic mass is 9.82. The quantitative estimate of drug-likeness (QED) is 0.150. The molecule has 0 fully saturated rings. The van der Waals surface area contributed by atoms with Crippen molar-refractivity contribution in [3.05, 3.63) is 203 Å². The molecule has 2 heteroatoms. The molecule has 0 atom stereocenters. The number of anilines is 6. The Hall–Kier alpha value is -6.12. The standard InChI is InChI=1S/C49H42N2/c1-35-12-10-16-42(32-35)51(43-17-11-13-36(2)33-43)41-28-24-38(25-29-41)21-20-37-22-26-40(27-23-37)50(39-14-6-5-7-15-39)44-30-31-46-45-18-8-9-19-47(45)49(3,4)48(46)34-44/h5-34H,1-4H3/b21-20+. The average molecular weight is 659 g/mol. The first kappa shape index (κ1) is 32.1. The Labute approximate surface area is 302 Å². The minimum atomic E-state index is -0.0589. The minimum Gasteiger partial charge on any atom is -0.310 e. The van der Waals surface area contributed by atoms with Crippen LogP contribution in [-0.4, -0.2) is 0 Å². The van der Waals surface area contributed by atoms with Crippen molar-refractivity contribution in [3.8, 4) is 11.1 Å². The highest BCUT2D eigenvalue weighted by atomic mass is 15.1. The van der Waals surface area contributed by atoms with E-state index in [4.69, 9.17) is 0 Å². The van der Waals surface area contributed by atoms with Gasteiger partial charge in [-0.2, -0.15) is 0 Å². The Morgan fingerprint density at radius 1 is 0.373 bits per heavy atom. The summed E-state index contributed by atoms with van der Waals surface area (Å²) in [6, 6.07) is 61.5. The van der Waals surface area contributed by atoms with Gasteiger partial charge in [-0.05, 0) is 131 Å². The molecule has 8 rings (SSSR count). The monoisotopic (exact) mass is 658 g/mol. The molecule has 51 heavy (non-hydrogen) atoms. The summed E-state index contributed by atoms with van der Waals surface area (Å²) in [7, 11) is 0. The zero-order chi connectivity index (χ0) is 35.0. The summed E-state index contributed by atoms with van der Waals surface area (Å²) in [5, 5.41) is 0. The van der Waals surface area contributed by atoms with Crippen LogP contribution in [0.15, 0.2) is 170 Å². The van der Waals surface area contributed by atoms with Crippen LogP contribution in [0.5, 0.6) is 0 Å². The van der Waals surface area contributed by atoms with E-state index in [0.29, 0.717) is 0 Å². The van der Waals surface area contributed by atoms with E-state index in [2.05, 4.69) is 220 Å². The lowest BCUT2D eigenvalue weighted by molar-refractivity contribution is 0.660. The SMILES string of the molecule is Cc1cccc(N(c2ccc(/C=C/c3ccc(N(c4ccccc4)c4ccc5c(c4)C(C)(C)c4ccccc4-5)cc3)cc2)c2cccc(C)c2)c1. The molecule has 0 heterocycles. The van der Waals surface area contributed by atoms with Gasteiger partial charge < -0.3 is 9.80 Å². The number of nitrogens with zero attached hydrogens (tertiary/aromatic N) is 2. The van der Waals surface area contributed by atoms with Gasteiger partial charge in [-0.15, -0.1) is 0 Å². The first-order valence-electron chi connectivity index (χ1n) is 17.8. The van der Waals surface area contributed by atoms with E-state index in [1.165, 1.54) is 33.4 Å². The summed E-state index contributed by atoms with van der Waals surface area (Å²) in [6.45, 7) is 8.97. The van der Waals surface area contributed by atoms with E-state index >= 15 is 0 Å². The van der Waals surface area contributed by atoms with E-state index in [1.807, 2.05) is 0 Å². The van der Waals surface area contributed by atoms with Gasteiger partial charge in [-0.1, -0.05) is 123 Å². The second kappa shape index (κ2) is 13.3. The number of aryl methyl sites for hydroxylation is 2. The van der Waals surface area contributed by atoms with E-state index < -0.39 is 0 Å². The maximum Gasteiger partial charge on any atom is 0.0465 e. The fraction of sp³-hybridized carbons (Fsp3) is 0.102. The van der Waals surface area contributed by atoms with E-state index in [9.17, 15) is 0 Å². The van der Waals surface area contributed by atoms with Crippen molar-refractivity contribution >= 4 is 46.3 Å². The molecule has 1 aliphatic rings. The number of fused-ring (bicyclic) bond motifs is 3. The van der Waals surface area contributed by atoms with Crippen molar-refractivity contribution in [2.75, 3.05) is 9.80 Å². The maximum atomic E-state index is 2.39. The minimum absolute atomic E-state index is 0.0589. The number of benzene rings is 7. The van der Waals surface area contributed by atoms with Gasteiger partial charge in [0.2, 0.25) is 0 Å². The predicted octanol–water partition coefficient (Wildman–Crippen LogP) is 13.7. The van der Waals surface area contributed by atoms with Crippen LogP contribution in [-0.2, 0) is 5.41 Å². The van der Waals surface area contributed by atoms with Crippen molar-refractivity contribution in [2.24, 2.45) is 0 Å². The molecule has 7 aromatic carbocycles. The van der Waals surface area contributed by atoms with E-state index in [-0.39, 0.29) is 5.41 Å². The summed E-state index contributed by atoms with van der Waals surface area (Å²) >= 11 is 0. The first-order chi connectivity index (χ1) is 24.8. The molecule has 0 spiro atoms. The van der Waals surface area contributed by atoms with Gasteiger partial charge in [0.15, 0.2) is 0 Å². The molecule has 0 saturated heterocycles. The van der Waals surface area contributed by atoms with Gasteiger partial charge in [0.25, 0.3) is 0 Å². The summed E-state index contributed by atoms with van der Waals surface area (Å²) in [5.74, 6) is 0. The second-order valence-electron chi connectivity index (χ2n) is 14.1. The second-order valence-corrected chi connectivity index (χ2v) is 14.1. The van der Waals surface area contributed by atoms with Crippen LogP contribution in [0.25, 0.3) is 23.3 Å². The Bertz CT molecular complexity index is 2300. The molecular formula is C49H42N2. The lowest BCUT2D eigenvalue weighted by Gasteiger charge is -2.28. The Morgan fingerprint density at radius 2 is 0.804 bits per heavy atom. The molecular weight excluding hydrogens is 617 g/mol. The fourth-order valence-corrected chi connectivity index (χ4v) is 7.50. The van der Waals surface area contributed by atoms with Crippen LogP contribution in [0.3, 0.4) is 0 Å². The van der Waals surface area contributed by atoms with E-state index in [1.54, 1.807) is 0 Å². The average Bonchev–Trinajstić information content (AvgIpc) is 3.38. The molecule has 0 saturated carbocycles. The zero-order valence-corrected chi connectivity index (χ0v) is 29.7. The van der Waals surface area contributed by atoms with Crippen LogP contribution in [0.2, 0.25) is 0 Å². The van der Waals surface area contributed by atoms with Gasteiger partial charge >= 0.3 is 0 Å². The number of hydrogen-bond acceptors (Lipinski definition) is 2. The number of hydrogen-bond donors (Lipinski definition) is 0. The molecule has 0 bridgehead atoms. The smallest absolute Gasteiger partial charge is 0.0465 e. The van der Waals surface area contributed by atoms with Crippen molar-refractivity contribution in [2.45, 2.75) is 33.1 Å². The van der Waals surface area contributed by atoms with Gasteiger partial charge in [0, 0.05) is 39.5 Å². The Morgan fingerprint density at radius 3 is 1.37 bits per heavy atom. The van der Waals surface area contributed by atoms with Crippen molar-refractivity contribution in [3.63, 3.8) is 0 Å². The van der Waals surface area contributed by atoms with E-state index in [0.717, 1.165) is 45.3 Å². The van der Waals surface area contributed by atoms with Crippen molar-refractivity contribution < 1.29 is 0 Å². The van der Waals surface area contributed by atoms with Crippen LogP contribution >= 0.6 is 0 Å². The van der Waals surface area contributed by atoms with Gasteiger partial charge in [-0.25, -0.2) is 0 Å². The highest BCUT2D eigenvalue weighted by molar-refractivity contribution is 5.86. The Balaban J connectivity index is 1.06. The molecule has 0 aromatic heterocycles. The molecule has 0 unspecified atom stereocenters. The summed E-state index contributed by atoms with van der Waals surface area (Å²) in [5.41, 5.74) is 17.0. The zero-order valence-electron chi connectivity index (χ0n) is 29.7. The summed E-state index contributed by atoms with van der Waals surface area (Å²) in [4.78, 5) is 4.69. The predicted molar refractivity (Wildman–Crippen MR) is 218 cm³/mol. The molecule has 1 aliphatic carbocycles. The fourth-order valence-electron chi connectivity index (χ4n) is 7.50. The summed E-state index contributed by atoms with van der Waals surface area (Å²) < 4.78 is 0. The maximum absolute atomic E-state index is 2.39. The molecule has 7 aromatic rings. The lowest BCUT2D eigenvalue weighted by Crippen LogP contribution is -2.16. The van der Waals surface area contributed by atoms with Crippen molar-refractivity contribution in [1.82, 2.24) is 0 Å². The molecule has 2 nitrogen and oxygen atoms in total. The normalized spacial score (nSPS) is 12.8.